The van der Waals surface area contributed by atoms with Crippen molar-refractivity contribution in [2.45, 2.75) is 58.6 Å². The molecule has 1 aliphatic carbocycles. The maximum atomic E-state index is 5.86. The standard InChI is InChI=1S/C18H27NO/c1-17(2,3)12-6-8-13(9-7-12)19-15-14-10-11-20-16(14)18(15,4)5/h6-9,14-16,19H,10-11H2,1-5H3. The lowest BCUT2D eigenvalue weighted by molar-refractivity contribution is -0.0923. The molecule has 2 heteroatoms. The Hall–Kier alpha value is -1.02. The second-order valence-corrected chi connectivity index (χ2v) is 8.01. The molecule has 3 atom stereocenters. The lowest BCUT2D eigenvalue weighted by Gasteiger charge is -2.55. The van der Waals surface area contributed by atoms with Crippen LogP contribution in [0, 0.1) is 11.3 Å². The molecule has 110 valence electrons. The summed E-state index contributed by atoms with van der Waals surface area (Å²) >= 11 is 0. The summed E-state index contributed by atoms with van der Waals surface area (Å²) in [6, 6.07) is 9.47. The van der Waals surface area contributed by atoms with Gasteiger partial charge in [0.05, 0.1) is 6.10 Å². The van der Waals surface area contributed by atoms with Gasteiger partial charge in [-0.15, -0.1) is 0 Å². The van der Waals surface area contributed by atoms with Gasteiger partial charge in [0.2, 0.25) is 0 Å². The van der Waals surface area contributed by atoms with Crippen molar-refractivity contribution in [1.29, 1.82) is 0 Å². The van der Waals surface area contributed by atoms with Crippen molar-refractivity contribution in [2.75, 3.05) is 11.9 Å². The highest BCUT2D eigenvalue weighted by atomic mass is 16.5. The van der Waals surface area contributed by atoms with E-state index in [0.717, 1.165) is 6.61 Å². The predicted molar refractivity (Wildman–Crippen MR) is 84.2 cm³/mol. The smallest absolute Gasteiger partial charge is 0.0694 e. The van der Waals surface area contributed by atoms with E-state index in [1.807, 2.05) is 0 Å². The zero-order valence-corrected chi connectivity index (χ0v) is 13.4. The molecule has 1 saturated heterocycles. The van der Waals surface area contributed by atoms with Crippen molar-refractivity contribution in [3.05, 3.63) is 29.8 Å². The fraction of sp³-hybridized carbons (Fsp3) is 0.667. The van der Waals surface area contributed by atoms with Crippen molar-refractivity contribution in [1.82, 2.24) is 0 Å². The summed E-state index contributed by atoms with van der Waals surface area (Å²) in [6.07, 6.45) is 1.65. The van der Waals surface area contributed by atoms with Crippen LogP contribution in [0.2, 0.25) is 0 Å². The number of benzene rings is 1. The highest BCUT2D eigenvalue weighted by Gasteiger charge is 2.59. The SMILES string of the molecule is CC(C)(C)c1ccc(NC2C3CCOC3C2(C)C)cc1. The first-order valence-electron chi connectivity index (χ1n) is 7.79. The Balaban J connectivity index is 1.72. The predicted octanol–water partition coefficient (Wildman–Crippen LogP) is 4.21. The van der Waals surface area contributed by atoms with E-state index in [1.54, 1.807) is 0 Å². The molecular formula is C18H27NO. The van der Waals surface area contributed by atoms with Gasteiger partial charge in [-0.1, -0.05) is 46.8 Å². The molecule has 3 unspecified atom stereocenters. The van der Waals surface area contributed by atoms with E-state index in [4.69, 9.17) is 4.74 Å². The van der Waals surface area contributed by atoms with Crippen LogP contribution in [-0.4, -0.2) is 18.8 Å². The van der Waals surface area contributed by atoms with Gasteiger partial charge in [-0.25, -0.2) is 0 Å². The molecule has 2 fully saturated rings. The number of fused-ring (bicyclic) bond motifs is 1. The van der Waals surface area contributed by atoms with Gasteiger partial charge in [0.25, 0.3) is 0 Å². The summed E-state index contributed by atoms with van der Waals surface area (Å²) in [4.78, 5) is 0. The van der Waals surface area contributed by atoms with Crippen molar-refractivity contribution >= 4 is 5.69 Å². The van der Waals surface area contributed by atoms with Crippen molar-refractivity contribution in [2.24, 2.45) is 11.3 Å². The molecule has 1 N–H and O–H groups in total. The molecular weight excluding hydrogens is 246 g/mol. The Morgan fingerprint density at radius 3 is 2.40 bits per heavy atom. The molecule has 0 radical (unpaired) electrons. The Labute approximate surface area is 122 Å². The molecule has 20 heavy (non-hydrogen) atoms. The highest BCUT2D eigenvalue weighted by molar-refractivity contribution is 5.48. The summed E-state index contributed by atoms with van der Waals surface area (Å²) < 4.78 is 5.86. The molecule has 2 aliphatic rings. The Morgan fingerprint density at radius 1 is 1.15 bits per heavy atom. The lowest BCUT2D eigenvalue weighted by atomic mass is 9.57. The van der Waals surface area contributed by atoms with Gasteiger partial charge in [0, 0.05) is 29.7 Å². The molecule has 1 heterocycles. The molecule has 0 aromatic heterocycles. The second-order valence-electron chi connectivity index (χ2n) is 8.01. The number of anilines is 1. The minimum atomic E-state index is 0.221. The highest BCUT2D eigenvalue weighted by Crippen LogP contribution is 2.53. The van der Waals surface area contributed by atoms with Gasteiger partial charge in [-0.2, -0.15) is 0 Å². The zero-order valence-electron chi connectivity index (χ0n) is 13.4. The van der Waals surface area contributed by atoms with Crippen LogP contribution in [0.4, 0.5) is 5.69 Å². The van der Waals surface area contributed by atoms with E-state index in [1.165, 1.54) is 17.7 Å². The third-order valence-corrected chi connectivity index (χ3v) is 5.17. The van der Waals surface area contributed by atoms with Gasteiger partial charge in [0.15, 0.2) is 0 Å². The number of hydrogen-bond donors (Lipinski definition) is 1. The molecule has 3 rings (SSSR count). The van der Waals surface area contributed by atoms with Gasteiger partial charge in [-0.05, 0) is 29.5 Å². The lowest BCUT2D eigenvalue weighted by Crippen LogP contribution is -2.63. The molecule has 1 aromatic rings. The number of ether oxygens (including phenoxy) is 1. The van der Waals surface area contributed by atoms with Crippen molar-refractivity contribution < 1.29 is 4.74 Å². The Bertz CT molecular complexity index is 483. The molecule has 0 amide bonds. The van der Waals surface area contributed by atoms with Gasteiger partial charge >= 0.3 is 0 Å². The second kappa shape index (κ2) is 4.49. The number of rotatable bonds is 2. The molecule has 0 spiro atoms. The van der Waals surface area contributed by atoms with Crippen LogP contribution in [0.3, 0.4) is 0 Å². The number of nitrogens with one attached hydrogen (secondary N) is 1. The quantitative estimate of drug-likeness (QED) is 0.871. The zero-order chi connectivity index (χ0) is 14.5. The summed E-state index contributed by atoms with van der Waals surface area (Å²) in [5.41, 5.74) is 3.09. The third kappa shape index (κ3) is 2.14. The largest absolute Gasteiger partial charge is 0.381 e. The molecule has 1 aromatic carbocycles. The fourth-order valence-electron chi connectivity index (χ4n) is 3.86. The Kier molecular flexibility index (Phi) is 3.13. The monoisotopic (exact) mass is 273 g/mol. The first-order chi connectivity index (χ1) is 9.30. The van der Waals surface area contributed by atoms with E-state index in [2.05, 4.69) is 64.2 Å². The summed E-state index contributed by atoms with van der Waals surface area (Å²) in [5.74, 6) is 0.687. The Morgan fingerprint density at radius 2 is 1.80 bits per heavy atom. The third-order valence-electron chi connectivity index (χ3n) is 5.17. The maximum Gasteiger partial charge on any atom is 0.0694 e. The van der Waals surface area contributed by atoms with Crippen molar-refractivity contribution in [3.8, 4) is 0 Å². The van der Waals surface area contributed by atoms with E-state index in [9.17, 15) is 0 Å². The first-order valence-corrected chi connectivity index (χ1v) is 7.79. The molecule has 1 saturated carbocycles. The summed E-state index contributed by atoms with van der Waals surface area (Å²) in [6.45, 7) is 12.3. The van der Waals surface area contributed by atoms with Gasteiger partial charge in [-0.3, -0.25) is 0 Å². The normalized spacial score (nSPS) is 31.6. The summed E-state index contributed by atoms with van der Waals surface area (Å²) in [5, 5.41) is 3.74. The minimum absolute atomic E-state index is 0.221. The van der Waals surface area contributed by atoms with Crippen LogP contribution < -0.4 is 5.32 Å². The van der Waals surface area contributed by atoms with E-state index >= 15 is 0 Å². The molecule has 1 aliphatic heterocycles. The fourth-order valence-corrected chi connectivity index (χ4v) is 3.86. The van der Waals surface area contributed by atoms with Crippen LogP contribution in [0.25, 0.3) is 0 Å². The maximum absolute atomic E-state index is 5.86. The van der Waals surface area contributed by atoms with Crippen LogP contribution in [0.1, 0.15) is 46.6 Å². The topological polar surface area (TPSA) is 21.3 Å². The van der Waals surface area contributed by atoms with Crippen LogP contribution in [-0.2, 0) is 10.2 Å². The minimum Gasteiger partial charge on any atom is -0.381 e. The molecule has 0 bridgehead atoms. The van der Waals surface area contributed by atoms with Crippen LogP contribution >= 0.6 is 0 Å². The number of hydrogen-bond acceptors (Lipinski definition) is 2. The van der Waals surface area contributed by atoms with Crippen molar-refractivity contribution in [3.63, 3.8) is 0 Å². The average Bonchev–Trinajstić information content (AvgIpc) is 2.82. The first kappa shape index (κ1) is 13.9. The van der Waals surface area contributed by atoms with E-state index in [-0.39, 0.29) is 10.8 Å². The van der Waals surface area contributed by atoms with Gasteiger partial charge in [0.1, 0.15) is 0 Å². The van der Waals surface area contributed by atoms with E-state index in [0.29, 0.717) is 18.1 Å². The van der Waals surface area contributed by atoms with Crippen LogP contribution in [0.15, 0.2) is 24.3 Å². The van der Waals surface area contributed by atoms with Crippen LogP contribution in [0.5, 0.6) is 0 Å². The van der Waals surface area contributed by atoms with Gasteiger partial charge < -0.3 is 10.1 Å². The summed E-state index contributed by atoms with van der Waals surface area (Å²) in [7, 11) is 0. The average molecular weight is 273 g/mol. The van der Waals surface area contributed by atoms with E-state index < -0.39 is 0 Å². The molecule has 2 nitrogen and oxygen atoms in total.